The third kappa shape index (κ3) is 3.38. The van der Waals surface area contributed by atoms with E-state index in [2.05, 4.69) is 25.2 Å². The molecule has 0 aromatic carbocycles. The number of nitrogens with one attached hydrogen (secondary N) is 1. The van der Waals surface area contributed by atoms with Crippen LogP contribution in [0.1, 0.15) is 47.9 Å². The SMILES string of the molecule is CC(C)c1cc2c(s1)CN(C(=O)/C=C/C1CCCN1)CC2. The van der Waals surface area contributed by atoms with Gasteiger partial charge in [-0.1, -0.05) is 19.9 Å². The van der Waals surface area contributed by atoms with Crippen molar-refractivity contribution in [2.45, 2.75) is 51.6 Å². The van der Waals surface area contributed by atoms with Gasteiger partial charge >= 0.3 is 0 Å². The number of carbonyl (C=O) groups is 1. The lowest BCUT2D eigenvalue weighted by Crippen LogP contribution is -2.34. The lowest BCUT2D eigenvalue weighted by Gasteiger charge is -2.25. The smallest absolute Gasteiger partial charge is 0.246 e. The van der Waals surface area contributed by atoms with Crippen LogP contribution < -0.4 is 5.32 Å². The van der Waals surface area contributed by atoms with Crippen molar-refractivity contribution >= 4 is 17.2 Å². The number of amides is 1. The van der Waals surface area contributed by atoms with Crippen LogP contribution in [0, 0.1) is 0 Å². The van der Waals surface area contributed by atoms with Crippen molar-refractivity contribution in [3.63, 3.8) is 0 Å². The molecule has 0 aliphatic carbocycles. The fourth-order valence-corrected chi connectivity index (χ4v) is 4.23. The van der Waals surface area contributed by atoms with Crippen LogP contribution in [0.2, 0.25) is 0 Å². The zero-order valence-electron chi connectivity index (χ0n) is 12.9. The van der Waals surface area contributed by atoms with Crippen LogP contribution in [0.4, 0.5) is 0 Å². The summed E-state index contributed by atoms with van der Waals surface area (Å²) < 4.78 is 0. The molecule has 21 heavy (non-hydrogen) atoms. The lowest BCUT2D eigenvalue weighted by atomic mass is 10.1. The summed E-state index contributed by atoms with van der Waals surface area (Å²) in [6.45, 7) is 7.18. The first kappa shape index (κ1) is 14.8. The molecule has 1 fully saturated rings. The summed E-state index contributed by atoms with van der Waals surface area (Å²) in [7, 11) is 0. The van der Waals surface area contributed by atoms with Gasteiger partial charge in [0.2, 0.25) is 5.91 Å². The molecule has 1 atom stereocenters. The lowest BCUT2D eigenvalue weighted by molar-refractivity contribution is -0.126. The maximum atomic E-state index is 12.3. The van der Waals surface area contributed by atoms with Gasteiger partial charge in [0.05, 0.1) is 6.54 Å². The summed E-state index contributed by atoms with van der Waals surface area (Å²) >= 11 is 1.88. The highest BCUT2D eigenvalue weighted by Gasteiger charge is 2.22. The number of rotatable bonds is 3. The van der Waals surface area contributed by atoms with Gasteiger partial charge in [-0.15, -0.1) is 11.3 Å². The predicted octanol–water partition coefficient (Wildman–Crippen LogP) is 3.06. The minimum atomic E-state index is 0.161. The van der Waals surface area contributed by atoms with Gasteiger partial charge in [0.15, 0.2) is 0 Å². The number of carbonyl (C=O) groups excluding carboxylic acids is 1. The van der Waals surface area contributed by atoms with Gasteiger partial charge in [0.25, 0.3) is 0 Å². The van der Waals surface area contributed by atoms with Crippen LogP contribution >= 0.6 is 11.3 Å². The van der Waals surface area contributed by atoms with Gasteiger partial charge < -0.3 is 10.2 Å². The molecule has 0 radical (unpaired) electrons. The number of fused-ring (bicyclic) bond motifs is 1. The molecule has 1 aromatic heterocycles. The molecule has 1 saturated heterocycles. The molecule has 1 N–H and O–H groups in total. The zero-order valence-corrected chi connectivity index (χ0v) is 13.7. The first-order valence-corrected chi connectivity index (χ1v) is 8.77. The van der Waals surface area contributed by atoms with Gasteiger partial charge in [-0.3, -0.25) is 4.79 Å². The summed E-state index contributed by atoms with van der Waals surface area (Å²) in [6, 6.07) is 2.73. The van der Waals surface area contributed by atoms with Crippen molar-refractivity contribution in [3.05, 3.63) is 33.5 Å². The van der Waals surface area contributed by atoms with Gasteiger partial charge in [0.1, 0.15) is 0 Å². The van der Waals surface area contributed by atoms with E-state index in [-0.39, 0.29) is 5.91 Å². The van der Waals surface area contributed by atoms with E-state index in [0.717, 1.165) is 32.5 Å². The topological polar surface area (TPSA) is 32.3 Å². The second-order valence-corrected chi connectivity index (χ2v) is 7.49. The van der Waals surface area contributed by atoms with Gasteiger partial charge in [-0.05, 0) is 43.4 Å². The highest BCUT2D eigenvalue weighted by Crippen LogP contribution is 2.32. The average Bonchev–Trinajstić information content (AvgIpc) is 3.12. The quantitative estimate of drug-likeness (QED) is 0.871. The highest BCUT2D eigenvalue weighted by atomic mass is 32.1. The van der Waals surface area contributed by atoms with E-state index in [4.69, 9.17) is 0 Å². The molecular weight excluding hydrogens is 280 g/mol. The number of hydrogen-bond acceptors (Lipinski definition) is 3. The van der Waals surface area contributed by atoms with Crippen LogP contribution in [-0.4, -0.2) is 29.9 Å². The minimum Gasteiger partial charge on any atom is -0.334 e. The Bertz CT molecular complexity index is 541. The highest BCUT2D eigenvalue weighted by molar-refractivity contribution is 7.12. The van der Waals surface area contributed by atoms with E-state index in [1.165, 1.54) is 21.7 Å². The monoisotopic (exact) mass is 304 g/mol. The van der Waals surface area contributed by atoms with Crippen LogP contribution in [0.15, 0.2) is 18.2 Å². The molecule has 3 nitrogen and oxygen atoms in total. The largest absolute Gasteiger partial charge is 0.334 e. The van der Waals surface area contributed by atoms with E-state index >= 15 is 0 Å². The van der Waals surface area contributed by atoms with Crippen LogP contribution in [0.25, 0.3) is 0 Å². The second kappa shape index (κ2) is 6.32. The van der Waals surface area contributed by atoms with Crippen LogP contribution in [0.5, 0.6) is 0 Å². The molecule has 0 bridgehead atoms. The Morgan fingerprint density at radius 3 is 3.10 bits per heavy atom. The molecule has 1 amide bonds. The maximum absolute atomic E-state index is 12.3. The van der Waals surface area contributed by atoms with Crippen molar-refractivity contribution in [1.29, 1.82) is 0 Å². The third-order valence-corrected chi connectivity index (χ3v) is 5.81. The fraction of sp³-hybridized carbons (Fsp3) is 0.588. The van der Waals surface area contributed by atoms with Gasteiger partial charge in [-0.2, -0.15) is 0 Å². The molecular formula is C17H24N2OS. The van der Waals surface area contributed by atoms with E-state index in [9.17, 15) is 4.79 Å². The standard InChI is InChI=1S/C17H24N2OS/c1-12(2)15-10-13-7-9-19(11-16(13)21-15)17(20)6-5-14-4-3-8-18-14/h5-6,10,12,14,18H,3-4,7-9,11H2,1-2H3/b6-5+. The van der Waals surface area contributed by atoms with E-state index in [1.807, 2.05) is 22.3 Å². The first-order chi connectivity index (χ1) is 10.1. The maximum Gasteiger partial charge on any atom is 0.246 e. The Morgan fingerprint density at radius 1 is 1.52 bits per heavy atom. The predicted molar refractivity (Wildman–Crippen MR) is 87.7 cm³/mol. The summed E-state index contributed by atoms with van der Waals surface area (Å²) in [5.74, 6) is 0.743. The molecule has 3 heterocycles. The Hall–Kier alpha value is -1.13. The van der Waals surface area contributed by atoms with Crippen molar-refractivity contribution < 1.29 is 4.79 Å². The Kier molecular flexibility index (Phi) is 4.45. The minimum absolute atomic E-state index is 0.161. The molecule has 4 heteroatoms. The molecule has 0 saturated carbocycles. The third-order valence-electron chi connectivity index (χ3n) is 4.35. The Morgan fingerprint density at radius 2 is 2.38 bits per heavy atom. The zero-order chi connectivity index (χ0) is 14.8. The normalized spacial score (nSPS) is 22.2. The molecule has 1 unspecified atom stereocenters. The molecule has 3 rings (SSSR count). The molecule has 2 aliphatic rings. The van der Waals surface area contributed by atoms with Crippen molar-refractivity contribution in [1.82, 2.24) is 10.2 Å². The average molecular weight is 304 g/mol. The Balaban J connectivity index is 1.63. The molecule has 2 aliphatic heterocycles. The number of thiophene rings is 1. The van der Waals surface area contributed by atoms with Crippen molar-refractivity contribution in [3.8, 4) is 0 Å². The summed E-state index contributed by atoms with van der Waals surface area (Å²) in [5, 5.41) is 3.39. The molecule has 1 aromatic rings. The van der Waals surface area contributed by atoms with Crippen molar-refractivity contribution in [2.24, 2.45) is 0 Å². The van der Waals surface area contributed by atoms with Gasteiger partial charge in [0, 0.05) is 28.4 Å². The number of hydrogen-bond donors (Lipinski definition) is 1. The second-order valence-electron chi connectivity index (χ2n) is 6.32. The van der Waals surface area contributed by atoms with Crippen LogP contribution in [0.3, 0.4) is 0 Å². The summed E-state index contributed by atoms with van der Waals surface area (Å²) in [5.41, 5.74) is 1.45. The Labute approximate surface area is 131 Å². The van der Waals surface area contributed by atoms with Crippen molar-refractivity contribution in [2.75, 3.05) is 13.1 Å². The fourth-order valence-electron chi connectivity index (χ4n) is 2.99. The van der Waals surface area contributed by atoms with E-state index < -0.39 is 0 Å². The summed E-state index contributed by atoms with van der Waals surface area (Å²) in [4.78, 5) is 17.1. The molecule has 114 valence electrons. The summed E-state index contributed by atoms with van der Waals surface area (Å²) in [6.07, 6.45) is 7.17. The molecule has 0 spiro atoms. The van der Waals surface area contributed by atoms with Crippen LogP contribution in [-0.2, 0) is 17.8 Å². The van der Waals surface area contributed by atoms with Gasteiger partial charge in [-0.25, -0.2) is 0 Å². The first-order valence-electron chi connectivity index (χ1n) is 7.95. The van der Waals surface area contributed by atoms with E-state index in [0.29, 0.717) is 12.0 Å². The van der Waals surface area contributed by atoms with E-state index in [1.54, 1.807) is 6.08 Å². The number of nitrogens with zero attached hydrogens (tertiary/aromatic N) is 1.